The van der Waals surface area contributed by atoms with Crippen LogP contribution in [0.2, 0.25) is 0 Å². The topological polar surface area (TPSA) is 105 Å². The summed E-state index contributed by atoms with van der Waals surface area (Å²) in [6, 6.07) is -0.756. The van der Waals surface area contributed by atoms with Gasteiger partial charge in [-0.2, -0.15) is 0 Å². The van der Waals surface area contributed by atoms with Crippen molar-refractivity contribution in [1.82, 2.24) is 5.32 Å². The third-order valence-corrected chi connectivity index (χ3v) is 17.3. The average Bonchev–Trinajstić information content (AvgIpc) is 3.38. The number of quaternary nitrogens is 1. The molecule has 3 atom stereocenters. The second-order valence-electron chi connectivity index (χ2n) is 25.3. The Labute approximate surface area is 476 Å². The third-order valence-electron chi connectivity index (χ3n) is 16.4. The molecular formula is C67H138N2O6P+. The van der Waals surface area contributed by atoms with Crippen LogP contribution in [0.5, 0.6) is 0 Å². The molecule has 0 aromatic heterocycles. The fraction of sp³-hybridized carbons (Fsp3) is 0.985. The Balaban J connectivity index is 4.00. The van der Waals surface area contributed by atoms with Gasteiger partial charge in [-0.1, -0.05) is 354 Å². The van der Waals surface area contributed by atoms with Crippen molar-refractivity contribution in [1.29, 1.82) is 0 Å². The number of hydrogen-bond acceptors (Lipinski definition) is 5. The van der Waals surface area contributed by atoms with Crippen LogP contribution in [0.25, 0.3) is 0 Å². The number of aliphatic hydroxyl groups is 1. The highest BCUT2D eigenvalue weighted by atomic mass is 31.2. The van der Waals surface area contributed by atoms with E-state index in [1.54, 1.807) is 0 Å². The van der Waals surface area contributed by atoms with Crippen molar-refractivity contribution in [2.45, 2.75) is 386 Å². The van der Waals surface area contributed by atoms with E-state index in [1.165, 1.54) is 308 Å². The van der Waals surface area contributed by atoms with Crippen LogP contribution in [-0.4, -0.2) is 73.4 Å². The number of amides is 1. The molecule has 8 nitrogen and oxygen atoms in total. The minimum atomic E-state index is -4.32. The fourth-order valence-corrected chi connectivity index (χ4v) is 11.7. The standard InChI is InChI=1S/C67H137N2O6P/c1-6-8-10-12-14-16-18-20-22-24-26-28-30-32-33-34-35-37-39-41-43-45-47-49-51-53-55-57-59-61-67(71)68-65(64-75-76(72,73)74-63-62-69(3,4)5)66(70)60-58-56-54-52-50-48-46-44-42-40-38-36-31-29-27-25-23-21-19-17-15-13-11-9-7-2/h65-66,70H,6-64H2,1-5H3,(H-,68,71,72,73)/p+1. The number of rotatable bonds is 65. The molecule has 3 unspecified atom stereocenters. The minimum Gasteiger partial charge on any atom is -0.391 e. The molecule has 3 N–H and O–H groups in total. The predicted molar refractivity (Wildman–Crippen MR) is 332 cm³/mol. The first-order valence-electron chi connectivity index (χ1n) is 34.4. The van der Waals surface area contributed by atoms with Crippen LogP contribution in [0.3, 0.4) is 0 Å². The molecule has 0 aliphatic heterocycles. The fourth-order valence-electron chi connectivity index (χ4n) is 11.0. The lowest BCUT2D eigenvalue weighted by Gasteiger charge is -2.26. The summed E-state index contributed by atoms with van der Waals surface area (Å²) < 4.78 is 23.9. The molecule has 0 aliphatic rings. The Morgan fingerprint density at radius 2 is 0.632 bits per heavy atom. The number of nitrogens with one attached hydrogen (secondary N) is 1. The van der Waals surface area contributed by atoms with E-state index < -0.39 is 20.0 Å². The first-order valence-corrected chi connectivity index (χ1v) is 35.9. The summed E-state index contributed by atoms with van der Waals surface area (Å²) in [4.78, 5) is 23.4. The van der Waals surface area contributed by atoms with E-state index in [0.717, 1.165) is 38.5 Å². The Kier molecular flexibility index (Phi) is 58.7. The highest BCUT2D eigenvalue weighted by Gasteiger charge is 2.28. The number of phosphoric acid groups is 1. The van der Waals surface area contributed by atoms with Gasteiger partial charge >= 0.3 is 7.82 Å². The van der Waals surface area contributed by atoms with Crippen molar-refractivity contribution in [3.8, 4) is 0 Å². The Bertz CT molecular complexity index is 1200. The summed E-state index contributed by atoms with van der Waals surface area (Å²) in [6.07, 6.45) is 73.4. The van der Waals surface area contributed by atoms with Crippen molar-refractivity contribution in [2.24, 2.45) is 0 Å². The number of nitrogens with zero attached hydrogens (tertiary/aromatic N) is 1. The zero-order chi connectivity index (χ0) is 55.6. The van der Waals surface area contributed by atoms with Gasteiger partial charge in [-0.25, -0.2) is 4.57 Å². The van der Waals surface area contributed by atoms with Crippen LogP contribution < -0.4 is 5.32 Å². The van der Waals surface area contributed by atoms with Gasteiger partial charge < -0.3 is 19.8 Å². The van der Waals surface area contributed by atoms with E-state index in [9.17, 15) is 19.4 Å². The average molecular weight is 1100 g/mol. The van der Waals surface area contributed by atoms with Gasteiger partial charge in [-0.15, -0.1) is 0 Å². The SMILES string of the molecule is CCCCCCCCCCCCCCCCCCCCCCCCCCCCCCCC(=O)NC(COP(=O)(O)OCC[N+](C)(C)C)C(O)CCCCCCCCCCCCCCCCCCCCCCCCCCC. The summed E-state index contributed by atoms with van der Waals surface area (Å²) in [5, 5.41) is 14.1. The second kappa shape index (κ2) is 59.1. The summed E-state index contributed by atoms with van der Waals surface area (Å²) in [5.74, 6) is -0.133. The molecular weight excluding hydrogens is 960 g/mol. The van der Waals surface area contributed by atoms with Gasteiger partial charge in [0.25, 0.3) is 0 Å². The first kappa shape index (κ1) is 75.5. The third kappa shape index (κ3) is 61.1. The molecule has 9 heteroatoms. The maximum atomic E-state index is 13.1. The van der Waals surface area contributed by atoms with Crippen LogP contribution in [-0.2, 0) is 18.4 Å². The number of hydrogen-bond donors (Lipinski definition) is 3. The molecule has 1 amide bonds. The van der Waals surface area contributed by atoms with Gasteiger partial charge in [-0.05, 0) is 12.8 Å². The number of likely N-dealkylation sites (N-methyl/N-ethyl adjacent to an activating group) is 1. The molecule has 0 rings (SSSR count). The van der Waals surface area contributed by atoms with Crippen molar-refractivity contribution in [2.75, 3.05) is 40.9 Å². The van der Waals surface area contributed by atoms with Gasteiger partial charge in [0.1, 0.15) is 13.2 Å². The van der Waals surface area contributed by atoms with Gasteiger partial charge in [0.15, 0.2) is 0 Å². The Morgan fingerprint density at radius 3 is 0.882 bits per heavy atom. The normalized spacial score (nSPS) is 13.6. The largest absolute Gasteiger partial charge is 0.472 e. The van der Waals surface area contributed by atoms with E-state index >= 15 is 0 Å². The van der Waals surface area contributed by atoms with Crippen LogP contribution in [0.1, 0.15) is 373 Å². The van der Waals surface area contributed by atoms with Crippen LogP contribution >= 0.6 is 7.82 Å². The molecule has 0 aromatic rings. The molecule has 0 spiro atoms. The lowest BCUT2D eigenvalue weighted by molar-refractivity contribution is -0.870. The molecule has 0 aromatic carbocycles. The molecule has 0 saturated carbocycles. The summed E-state index contributed by atoms with van der Waals surface area (Å²) in [7, 11) is 1.64. The molecule has 0 bridgehead atoms. The molecule has 456 valence electrons. The van der Waals surface area contributed by atoms with Crippen molar-refractivity contribution < 1.29 is 32.9 Å². The van der Waals surface area contributed by atoms with Gasteiger partial charge in [-0.3, -0.25) is 13.8 Å². The van der Waals surface area contributed by atoms with E-state index in [0.29, 0.717) is 23.9 Å². The number of aliphatic hydroxyl groups excluding tert-OH is 1. The molecule has 0 saturated heterocycles. The Hall–Kier alpha value is -0.500. The monoisotopic (exact) mass is 1100 g/mol. The molecule has 0 fully saturated rings. The highest BCUT2D eigenvalue weighted by Crippen LogP contribution is 2.43. The van der Waals surface area contributed by atoms with Crippen molar-refractivity contribution in [3.05, 3.63) is 0 Å². The zero-order valence-electron chi connectivity index (χ0n) is 52.3. The van der Waals surface area contributed by atoms with E-state index in [4.69, 9.17) is 9.05 Å². The smallest absolute Gasteiger partial charge is 0.391 e. The molecule has 76 heavy (non-hydrogen) atoms. The molecule has 0 radical (unpaired) electrons. The number of phosphoric ester groups is 1. The number of carbonyl (C=O) groups excluding carboxylic acids is 1. The molecule has 0 heterocycles. The summed E-state index contributed by atoms with van der Waals surface area (Å²) in [5.41, 5.74) is 0. The lowest BCUT2D eigenvalue weighted by atomic mass is 10.0. The van der Waals surface area contributed by atoms with E-state index in [-0.39, 0.29) is 19.1 Å². The maximum Gasteiger partial charge on any atom is 0.472 e. The van der Waals surface area contributed by atoms with Crippen LogP contribution in [0.4, 0.5) is 0 Å². The number of carbonyl (C=O) groups is 1. The highest BCUT2D eigenvalue weighted by molar-refractivity contribution is 7.47. The van der Waals surface area contributed by atoms with Gasteiger partial charge in [0.2, 0.25) is 5.91 Å². The lowest BCUT2D eigenvalue weighted by Crippen LogP contribution is -2.46. The van der Waals surface area contributed by atoms with E-state index in [2.05, 4.69) is 19.2 Å². The van der Waals surface area contributed by atoms with Gasteiger partial charge in [0, 0.05) is 6.42 Å². The molecule has 0 aliphatic carbocycles. The van der Waals surface area contributed by atoms with Crippen LogP contribution in [0, 0.1) is 0 Å². The minimum absolute atomic E-state index is 0.0795. The Morgan fingerprint density at radius 1 is 0.395 bits per heavy atom. The second-order valence-corrected chi connectivity index (χ2v) is 26.7. The van der Waals surface area contributed by atoms with Crippen molar-refractivity contribution >= 4 is 13.7 Å². The van der Waals surface area contributed by atoms with Gasteiger partial charge in [0.05, 0.1) is 39.9 Å². The summed E-state index contributed by atoms with van der Waals surface area (Å²) in [6.45, 7) is 4.97. The van der Waals surface area contributed by atoms with Crippen molar-refractivity contribution in [3.63, 3.8) is 0 Å². The summed E-state index contributed by atoms with van der Waals surface area (Å²) >= 11 is 0. The number of unbranched alkanes of at least 4 members (excludes halogenated alkanes) is 52. The zero-order valence-corrected chi connectivity index (χ0v) is 53.2. The quantitative estimate of drug-likeness (QED) is 0.0318. The first-order chi connectivity index (χ1) is 37.0. The van der Waals surface area contributed by atoms with Crippen LogP contribution in [0.15, 0.2) is 0 Å². The maximum absolute atomic E-state index is 13.1. The van der Waals surface area contributed by atoms with E-state index in [1.807, 2.05) is 21.1 Å². The predicted octanol–water partition coefficient (Wildman–Crippen LogP) is 21.6.